The number of amides is 2. The van der Waals surface area contributed by atoms with Gasteiger partial charge in [0.15, 0.2) is 0 Å². The molecule has 40 heavy (non-hydrogen) atoms. The molecule has 1 saturated heterocycles. The summed E-state index contributed by atoms with van der Waals surface area (Å²) in [7, 11) is 2.93. The van der Waals surface area contributed by atoms with Crippen molar-refractivity contribution in [1.29, 1.82) is 0 Å². The van der Waals surface area contributed by atoms with E-state index in [4.69, 9.17) is 14.2 Å². The number of nitrogens with zero attached hydrogens (tertiary/aromatic N) is 4. The van der Waals surface area contributed by atoms with E-state index in [1.54, 1.807) is 4.90 Å². The van der Waals surface area contributed by atoms with Gasteiger partial charge in [-0.2, -0.15) is 5.10 Å². The minimum atomic E-state index is -1.26. The van der Waals surface area contributed by atoms with E-state index in [1.165, 1.54) is 14.2 Å². The molecule has 2 N–H and O–H groups in total. The maximum Gasteiger partial charge on any atom is 0.248 e. The molecular weight excluding hydrogens is 516 g/mol. The SMILES string of the molecule is CCn1nc(C)c(CCC(=O)N2CCCCOC[C@H](O)[C@H](O)[C@@H](OC)[C@H](CC(C)C)N(C(=O)COC)CC2)c1C. The Morgan fingerprint density at radius 3 is 2.42 bits per heavy atom. The summed E-state index contributed by atoms with van der Waals surface area (Å²) in [4.78, 5) is 30.3. The van der Waals surface area contributed by atoms with Crippen molar-refractivity contribution < 1.29 is 34.0 Å². The molecule has 1 aliphatic rings. The van der Waals surface area contributed by atoms with Gasteiger partial charge in [0.2, 0.25) is 11.8 Å². The lowest BCUT2D eigenvalue weighted by Gasteiger charge is -2.41. The van der Waals surface area contributed by atoms with Gasteiger partial charge in [0.1, 0.15) is 24.9 Å². The van der Waals surface area contributed by atoms with Crippen LogP contribution < -0.4 is 0 Å². The van der Waals surface area contributed by atoms with E-state index in [9.17, 15) is 19.8 Å². The van der Waals surface area contributed by atoms with Crippen molar-refractivity contribution in [3.8, 4) is 0 Å². The summed E-state index contributed by atoms with van der Waals surface area (Å²) in [5.74, 6) is -0.0616. The van der Waals surface area contributed by atoms with Gasteiger partial charge >= 0.3 is 0 Å². The van der Waals surface area contributed by atoms with E-state index in [0.29, 0.717) is 45.4 Å². The lowest BCUT2D eigenvalue weighted by molar-refractivity contribution is -0.153. The van der Waals surface area contributed by atoms with Crippen LogP contribution in [0.2, 0.25) is 0 Å². The zero-order chi connectivity index (χ0) is 29.8. The van der Waals surface area contributed by atoms with Gasteiger partial charge in [-0.3, -0.25) is 14.3 Å². The summed E-state index contributed by atoms with van der Waals surface area (Å²) in [5.41, 5.74) is 3.14. The summed E-state index contributed by atoms with van der Waals surface area (Å²) >= 11 is 0. The van der Waals surface area contributed by atoms with Crippen LogP contribution in [0.1, 0.15) is 63.4 Å². The topological polar surface area (TPSA) is 127 Å². The fraction of sp³-hybridized carbons (Fsp3) is 0.828. The van der Waals surface area contributed by atoms with Gasteiger partial charge in [0, 0.05) is 59.1 Å². The van der Waals surface area contributed by atoms with Gasteiger partial charge in [0.25, 0.3) is 0 Å². The molecule has 11 nitrogen and oxygen atoms in total. The average molecular weight is 569 g/mol. The predicted octanol–water partition coefficient (Wildman–Crippen LogP) is 1.72. The van der Waals surface area contributed by atoms with Crippen LogP contribution in [0.25, 0.3) is 0 Å². The van der Waals surface area contributed by atoms with Crippen LogP contribution in [0, 0.1) is 19.8 Å². The number of carbonyl (C=O) groups is 2. The van der Waals surface area contributed by atoms with E-state index >= 15 is 0 Å². The molecule has 230 valence electrons. The van der Waals surface area contributed by atoms with Gasteiger partial charge in [-0.1, -0.05) is 13.8 Å². The number of ether oxygens (including phenoxy) is 3. The van der Waals surface area contributed by atoms with Crippen molar-refractivity contribution in [2.75, 3.05) is 53.7 Å². The Hall–Kier alpha value is -2.05. The fourth-order valence-corrected chi connectivity index (χ4v) is 5.54. The first kappa shape index (κ1) is 34.2. The maximum absolute atomic E-state index is 13.5. The number of carbonyl (C=O) groups excluding carboxylic acids is 2. The first-order chi connectivity index (χ1) is 19.0. The Balaban J connectivity index is 2.33. The average Bonchev–Trinajstić information content (AvgIpc) is 3.19. The van der Waals surface area contributed by atoms with Crippen LogP contribution >= 0.6 is 0 Å². The van der Waals surface area contributed by atoms with Crippen LogP contribution in [-0.4, -0.2) is 120 Å². The lowest BCUT2D eigenvalue weighted by Crippen LogP contribution is -2.57. The molecule has 1 aromatic heterocycles. The van der Waals surface area contributed by atoms with Crippen LogP contribution in [0.3, 0.4) is 0 Å². The van der Waals surface area contributed by atoms with Crippen molar-refractivity contribution in [3.63, 3.8) is 0 Å². The Kier molecular flexibility index (Phi) is 14.5. The molecule has 2 heterocycles. The summed E-state index contributed by atoms with van der Waals surface area (Å²) in [5, 5.41) is 26.3. The normalized spacial score (nSPS) is 23.9. The summed E-state index contributed by atoms with van der Waals surface area (Å²) < 4.78 is 18.5. The molecule has 1 aliphatic heterocycles. The summed E-state index contributed by atoms with van der Waals surface area (Å²) in [6.07, 6.45) is -0.370. The largest absolute Gasteiger partial charge is 0.388 e. The molecule has 0 aliphatic carbocycles. The molecule has 0 bridgehead atoms. The highest BCUT2D eigenvalue weighted by atomic mass is 16.5. The number of aryl methyl sites for hydroxylation is 2. The molecule has 2 rings (SSSR count). The van der Waals surface area contributed by atoms with Gasteiger partial charge in [-0.15, -0.1) is 0 Å². The Labute approximate surface area is 239 Å². The van der Waals surface area contributed by atoms with E-state index < -0.39 is 24.4 Å². The van der Waals surface area contributed by atoms with Crippen molar-refractivity contribution >= 4 is 11.8 Å². The molecule has 1 fully saturated rings. The summed E-state index contributed by atoms with van der Waals surface area (Å²) in [6.45, 7) is 12.3. The second-order valence-corrected chi connectivity index (χ2v) is 11.1. The fourth-order valence-electron chi connectivity index (χ4n) is 5.54. The zero-order valence-electron chi connectivity index (χ0n) is 25.6. The number of aliphatic hydroxyl groups excluding tert-OH is 2. The van der Waals surface area contributed by atoms with Crippen molar-refractivity contribution in [3.05, 3.63) is 17.0 Å². The van der Waals surface area contributed by atoms with Crippen molar-refractivity contribution in [2.24, 2.45) is 5.92 Å². The minimum absolute atomic E-state index is 0.0226. The quantitative estimate of drug-likeness (QED) is 0.461. The van der Waals surface area contributed by atoms with Crippen molar-refractivity contribution in [1.82, 2.24) is 19.6 Å². The molecule has 0 spiro atoms. The Bertz CT molecular complexity index is 922. The second kappa shape index (κ2) is 17.0. The number of aromatic nitrogens is 2. The third-order valence-electron chi connectivity index (χ3n) is 7.72. The Morgan fingerprint density at radius 2 is 1.82 bits per heavy atom. The van der Waals surface area contributed by atoms with E-state index in [1.807, 2.05) is 37.3 Å². The smallest absolute Gasteiger partial charge is 0.248 e. The number of methoxy groups -OCH3 is 2. The van der Waals surface area contributed by atoms with Crippen LogP contribution in [0.15, 0.2) is 0 Å². The molecule has 4 atom stereocenters. The zero-order valence-corrected chi connectivity index (χ0v) is 25.6. The molecule has 0 saturated carbocycles. The molecule has 0 aromatic carbocycles. The molecule has 2 amide bonds. The lowest BCUT2D eigenvalue weighted by atomic mass is 9.92. The van der Waals surface area contributed by atoms with E-state index in [0.717, 1.165) is 29.9 Å². The van der Waals surface area contributed by atoms with E-state index in [-0.39, 0.29) is 37.5 Å². The van der Waals surface area contributed by atoms with Gasteiger partial charge < -0.3 is 34.2 Å². The number of hydrogen-bond donors (Lipinski definition) is 2. The third-order valence-corrected chi connectivity index (χ3v) is 7.72. The first-order valence-corrected chi connectivity index (χ1v) is 14.6. The highest BCUT2D eigenvalue weighted by molar-refractivity contribution is 5.78. The number of rotatable bonds is 9. The predicted molar refractivity (Wildman–Crippen MR) is 152 cm³/mol. The maximum atomic E-state index is 13.5. The first-order valence-electron chi connectivity index (χ1n) is 14.6. The standard InChI is InChI=1S/C29H52N4O7/c1-8-33-22(5)23(21(4)30-33)11-12-26(35)31-13-9-10-16-40-18-25(34)28(37)29(39-7)24(17-20(2)3)32(15-14-31)27(36)19-38-6/h20,24-25,28-29,34,37H,8-19H2,1-7H3/t24-,25-,28-,29-/m0/s1. The van der Waals surface area contributed by atoms with Gasteiger partial charge in [-0.05, 0) is 57.9 Å². The monoisotopic (exact) mass is 568 g/mol. The van der Waals surface area contributed by atoms with Crippen molar-refractivity contribution in [2.45, 2.75) is 97.6 Å². The van der Waals surface area contributed by atoms with E-state index in [2.05, 4.69) is 12.0 Å². The molecule has 0 radical (unpaired) electrons. The summed E-state index contributed by atoms with van der Waals surface area (Å²) in [6, 6.07) is -0.539. The highest BCUT2D eigenvalue weighted by Gasteiger charge is 2.39. The van der Waals surface area contributed by atoms with Gasteiger partial charge in [0.05, 0.1) is 18.3 Å². The molecule has 11 heteroatoms. The molecule has 0 unspecified atom stereocenters. The molecule has 1 aromatic rings. The number of aliphatic hydroxyl groups is 2. The van der Waals surface area contributed by atoms with Crippen LogP contribution in [0.5, 0.6) is 0 Å². The second-order valence-electron chi connectivity index (χ2n) is 11.1. The third kappa shape index (κ3) is 9.51. The highest BCUT2D eigenvalue weighted by Crippen LogP contribution is 2.23. The molecular formula is C29H52N4O7. The Morgan fingerprint density at radius 1 is 1.10 bits per heavy atom. The van der Waals surface area contributed by atoms with Crippen LogP contribution in [0.4, 0.5) is 0 Å². The minimum Gasteiger partial charge on any atom is -0.388 e. The number of hydrogen-bond acceptors (Lipinski definition) is 8. The van der Waals surface area contributed by atoms with Crippen LogP contribution in [-0.2, 0) is 36.8 Å². The van der Waals surface area contributed by atoms with Gasteiger partial charge in [-0.25, -0.2) is 0 Å².